The molecule has 1 aromatic carbocycles. The van der Waals surface area contributed by atoms with E-state index in [1.54, 1.807) is 14.0 Å². The van der Waals surface area contributed by atoms with Crippen LogP contribution in [0.2, 0.25) is 0 Å². The van der Waals surface area contributed by atoms with Crippen LogP contribution in [0.15, 0.2) is 23.1 Å². The Bertz CT molecular complexity index is 459. The highest BCUT2D eigenvalue weighted by Gasteiger charge is 2.25. The molecule has 0 heterocycles. The van der Waals surface area contributed by atoms with Crippen LogP contribution in [0.1, 0.15) is 20.3 Å². The first-order valence-corrected chi connectivity index (χ1v) is 6.50. The standard InChI is InChI=1S/C13H16F2N2S/c1-9(7-13(2,8-16)17-3)18-12-6-10(14)4-5-11(12)15/h4-6,9,17H,7H2,1-3H3. The SMILES string of the molecule is CNC(C)(C#N)CC(C)Sc1cc(F)ccc1F. The molecule has 0 aromatic heterocycles. The number of benzene rings is 1. The van der Waals surface area contributed by atoms with Gasteiger partial charge < -0.3 is 5.32 Å². The Morgan fingerprint density at radius 2 is 2.17 bits per heavy atom. The zero-order valence-corrected chi connectivity index (χ0v) is 11.4. The number of nitriles is 1. The fourth-order valence-electron chi connectivity index (χ4n) is 1.60. The first-order chi connectivity index (χ1) is 8.40. The van der Waals surface area contributed by atoms with E-state index in [-0.39, 0.29) is 10.1 Å². The summed E-state index contributed by atoms with van der Waals surface area (Å²) in [6, 6.07) is 5.57. The first-order valence-electron chi connectivity index (χ1n) is 5.62. The van der Waals surface area contributed by atoms with Crippen LogP contribution < -0.4 is 5.32 Å². The lowest BCUT2D eigenvalue weighted by atomic mass is 9.98. The monoisotopic (exact) mass is 270 g/mol. The van der Waals surface area contributed by atoms with Crippen molar-refractivity contribution in [3.8, 4) is 6.07 Å². The second-order valence-corrected chi connectivity index (χ2v) is 5.88. The van der Waals surface area contributed by atoms with Crippen LogP contribution in [0.4, 0.5) is 8.78 Å². The molecule has 2 atom stereocenters. The topological polar surface area (TPSA) is 35.8 Å². The molecule has 98 valence electrons. The highest BCUT2D eigenvalue weighted by Crippen LogP contribution is 2.30. The van der Waals surface area contributed by atoms with Crippen LogP contribution in [-0.2, 0) is 0 Å². The molecule has 0 bridgehead atoms. The van der Waals surface area contributed by atoms with Gasteiger partial charge in [-0.25, -0.2) is 8.78 Å². The highest BCUT2D eigenvalue weighted by molar-refractivity contribution is 8.00. The molecular weight excluding hydrogens is 254 g/mol. The Kier molecular flexibility index (Phi) is 5.12. The van der Waals surface area contributed by atoms with E-state index in [0.717, 1.165) is 12.1 Å². The second-order valence-electron chi connectivity index (χ2n) is 4.40. The molecule has 0 amide bonds. The summed E-state index contributed by atoms with van der Waals surface area (Å²) in [6.45, 7) is 3.67. The van der Waals surface area contributed by atoms with Crippen LogP contribution in [-0.4, -0.2) is 17.8 Å². The summed E-state index contributed by atoms with van der Waals surface area (Å²) in [5.74, 6) is -0.890. The fraction of sp³-hybridized carbons (Fsp3) is 0.462. The number of rotatable bonds is 5. The Hall–Kier alpha value is -1.12. The molecule has 1 rings (SSSR count). The Morgan fingerprint density at radius 1 is 1.50 bits per heavy atom. The average molecular weight is 270 g/mol. The fourth-order valence-corrected chi connectivity index (χ4v) is 2.82. The van der Waals surface area contributed by atoms with Gasteiger partial charge in [0.05, 0.1) is 6.07 Å². The van der Waals surface area contributed by atoms with E-state index in [9.17, 15) is 8.78 Å². The predicted molar refractivity (Wildman–Crippen MR) is 69.4 cm³/mol. The first kappa shape index (κ1) is 14.9. The van der Waals surface area contributed by atoms with Crippen molar-refractivity contribution in [3.05, 3.63) is 29.8 Å². The molecule has 1 aromatic rings. The molecule has 18 heavy (non-hydrogen) atoms. The summed E-state index contributed by atoms with van der Waals surface area (Å²) < 4.78 is 26.5. The maximum atomic E-state index is 13.5. The van der Waals surface area contributed by atoms with Gasteiger partial charge in [0.2, 0.25) is 0 Å². The Balaban J connectivity index is 2.73. The number of thioether (sulfide) groups is 1. The number of halogens is 2. The maximum absolute atomic E-state index is 13.5. The van der Waals surface area contributed by atoms with Gasteiger partial charge in [-0.15, -0.1) is 11.8 Å². The van der Waals surface area contributed by atoms with E-state index in [2.05, 4.69) is 11.4 Å². The van der Waals surface area contributed by atoms with Crippen LogP contribution >= 0.6 is 11.8 Å². The molecular formula is C13H16F2N2S. The third-order valence-electron chi connectivity index (χ3n) is 2.72. The van der Waals surface area contributed by atoms with Gasteiger partial charge in [-0.2, -0.15) is 5.26 Å². The maximum Gasteiger partial charge on any atom is 0.136 e. The average Bonchev–Trinajstić information content (AvgIpc) is 2.33. The molecule has 0 aliphatic carbocycles. The molecule has 0 saturated heterocycles. The van der Waals surface area contributed by atoms with Crippen molar-refractivity contribution in [3.63, 3.8) is 0 Å². The number of nitrogens with one attached hydrogen (secondary N) is 1. The summed E-state index contributed by atoms with van der Waals surface area (Å²) in [5, 5.41) is 12.0. The molecule has 1 N–H and O–H groups in total. The molecule has 0 radical (unpaired) electrons. The molecule has 0 spiro atoms. The largest absolute Gasteiger partial charge is 0.303 e. The Labute approximate surface area is 110 Å². The van der Waals surface area contributed by atoms with Crippen LogP contribution in [0.3, 0.4) is 0 Å². The molecule has 2 unspecified atom stereocenters. The number of nitrogens with zero attached hydrogens (tertiary/aromatic N) is 1. The Morgan fingerprint density at radius 3 is 2.72 bits per heavy atom. The van der Waals surface area contributed by atoms with Crippen LogP contribution in [0.25, 0.3) is 0 Å². The number of hydrogen-bond acceptors (Lipinski definition) is 3. The van der Waals surface area contributed by atoms with Gasteiger partial charge in [0.1, 0.15) is 17.2 Å². The normalized spacial score (nSPS) is 15.8. The molecule has 2 nitrogen and oxygen atoms in total. The molecule has 5 heteroatoms. The zero-order chi connectivity index (χ0) is 13.8. The van der Waals surface area contributed by atoms with Crippen molar-refractivity contribution < 1.29 is 8.78 Å². The second kappa shape index (κ2) is 6.17. The predicted octanol–water partition coefficient (Wildman–Crippen LogP) is 3.34. The molecule has 0 fully saturated rings. The minimum absolute atomic E-state index is 0.00148. The van der Waals surface area contributed by atoms with Crippen LogP contribution in [0.5, 0.6) is 0 Å². The van der Waals surface area contributed by atoms with E-state index in [0.29, 0.717) is 6.42 Å². The third-order valence-corrected chi connectivity index (χ3v) is 3.85. The lowest BCUT2D eigenvalue weighted by molar-refractivity contribution is 0.455. The third kappa shape index (κ3) is 3.97. The van der Waals surface area contributed by atoms with Gasteiger partial charge >= 0.3 is 0 Å². The van der Waals surface area contributed by atoms with Crippen molar-refractivity contribution in [2.24, 2.45) is 0 Å². The summed E-state index contributed by atoms with van der Waals surface area (Å²) in [4.78, 5) is 0.277. The van der Waals surface area contributed by atoms with E-state index in [1.165, 1.54) is 17.8 Å². The zero-order valence-electron chi connectivity index (χ0n) is 10.6. The summed E-state index contributed by atoms with van der Waals surface area (Å²) >= 11 is 1.24. The quantitative estimate of drug-likeness (QED) is 0.834. The van der Waals surface area contributed by atoms with E-state index in [4.69, 9.17) is 5.26 Å². The molecule has 0 aliphatic heterocycles. The van der Waals surface area contributed by atoms with Gasteiger partial charge in [0.25, 0.3) is 0 Å². The number of hydrogen-bond donors (Lipinski definition) is 1. The van der Waals surface area contributed by atoms with Gasteiger partial charge in [0, 0.05) is 10.1 Å². The van der Waals surface area contributed by atoms with Gasteiger partial charge in [-0.05, 0) is 38.6 Å². The lowest BCUT2D eigenvalue weighted by Crippen LogP contribution is -2.40. The van der Waals surface area contributed by atoms with E-state index < -0.39 is 17.2 Å². The van der Waals surface area contributed by atoms with E-state index >= 15 is 0 Å². The lowest BCUT2D eigenvalue weighted by Gasteiger charge is -2.24. The highest BCUT2D eigenvalue weighted by atomic mass is 32.2. The van der Waals surface area contributed by atoms with Crippen molar-refractivity contribution in [1.82, 2.24) is 5.32 Å². The van der Waals surface area contributed by atoms with Crippen molar-refractivity contribution >= 4 is 11.8 Å². The van der Waals surface area contributed by atoms with Crippen molar-refractivity contribution in [2.45, 2.75) is 36.0 Å². The van der Waals surface area contributed by atoms with Crippen molar-refractivity contribution in [2.75, 3.05) is 7.05 Å². The molecule has 0 saturated carbocycles. The van der Waals surface area contributed by atoms with Gasteiger partial charge in [0.15, 0.2) is 0 Å². The summed E-state index contributed by atoms with van der Waals surface area (Å²) in [5.41, 5.74) is -0.657. The minimum atomic E-state index is -0.657. The summed E-state index contributed by atoms with van der Waals surface area (Å²) in [7, 11) is 1.71. The molecule has 0 aliphatic rings. The van der Waals surface area contributed by atoms with Crippen LogP contribution in [0, 0.1) is 23.0 Å². The minimum Gasteiger partial charge on any atom is -0.303 e. The van der Waals surface area contributed by atoms with E-state index in [1.807, 2.05) is 6.92 Å². The van der Waals surface area contributed by atoms with Gasteiger partial charge in [-0.1, -0.05) is 6.92 Å². The summed E-state index contributed by atoms with van der Waals surface area (Å²) in [6.07, 6.45) is 0.542. The van der Waals surface area contributed by atoms with Gasteiger partial charge in [-0.3, -0.25) is 0 Å². The smallest absolute Gasteiger partial charge is 0.136 e. The van der Waals surface area contributed by atoms with Crippen molar-refractivity contribution in [1.29, 1.82) is 5.26 Å².